The van der Waals surface area contributed by atoms with E-state index < -0.39 is 0 Å². The maximum atomic E-state index is 12.5. The standard InChI is InChI=1S/C17H12Cl2O/c18-14-8-7-12(16(19)10-14)9-13-6-5-11-3-1-2-4-15(11)17(13)20/h1-4,7-10H,5-6H2/b13-9-. The van der Waals surface area contributed by atoms with E-state index in [0.29, 0.717) is 10.0 Å². The number of allylic oxidation sites excluding steroid dienone is 1. The van der Waals surface area contributed by atoms with Crippen molar-refractivity contribution in [2.75, 3.05) is 0 Å². The molecule has 0 fully saturated rings. The van der Waals surface area contributed by atoms with E-state index in [0.717, 1.165) is 35.1 Å². The van der Waals surface area contributed by atoms with Gasteiger partial charge in [0.1, 0.15) is 0 Å². The van der Waals surface area contributed by atoms with Crippen LogP contribution in [0.5, 0.6) is 0 Å². The van der Waals surface area contributed by atoms with Gasteiger partial charge in [-0.15, -0.1) is 0 Å². The van der Waals surface area contributed by atoms with Gasteiger partial charge in [0, 0.05) is 21.2 Å². The molecule has 0 heterocycles. The maximum absolute atomic E-state index is 12.5. The average Bonchev–Trinajstić information content (AvgIpc) is 2.45. The number of carbonyl (C=O) groups is 1. The summed E-state index contributed by atoms with van der Waals surface area (Å²) in [5, 5.41) is 1.16. The van der Waals surface area contributed by atoms with Crippen LogP contribution in [-0.2, 0) is 6.42 Å². The van der Waals surface area contributed by atoms with Gasteiger partial charge in [0.25, 0.3) is 0 Å². The van der Waals surface area contributed by atoms with Crippen molar-refractivity contribution in [2.45, 2.75) is 12.8 Å². The first kappa shape index (κ1) is 13.4. The molecule has 0 atom stereocenters. The number of benzene rings is 2. The van der Waals surface area contributed by atoms with Gasteiger partial charge >= 0.3 is 0 Å². The second kappa shape index (κ2) is 5.43. The number of hydrogen-bond donors (Lipinski definition) is 0. The first-order chi connectivity index (χ1) is 9.65. The van der Waals surface area contributed by atoms with E-state index in [1.54, 1.807) is 12.1 Å². The van der Waals surface area contributed by atoms with Gasteiger partial charge < -0.3 is 0 Å². The number of aryl methyl sites for hydroxylation is 1. The minimum absolute atomic E-state index is 0.0952. The zero-order valence-corrected chi connectivity index (χ0v) is 12.2. The van der Waals surface area contributed by atoms with Crippen LogP contribution in [0.3, 0.4) is 0 Å². The summed E-state index contributed by atoms with van der Waals surface area (Å²) in [4.78, 5) is 12.5. The van der Waals surface area contributed by atoms with Crippen LogP contribution in [0.4, 0.5) is 0 Å². The Labute approximate surface area is 127 Å². The Morgan fingerprint density at radius 1 is 1.00 bits per heavy atom. The Morgan fingerprint density at radius 2 is 1.80 bits per heavy atom. The highest BCUT2D eigenvalue weighted by atomic mass is 35.5. The summed E-state index contributed by atoms with van der Waals surface area (Å²) in [6.45, 7) is 0. The highest BCUT2D eigenvalue weighted by molar-refractivity contribution is 6.35. The molecule has 0 saturated heterocycles. The summed E-state index contributed by atoms with van der Waals surface area (Å²) in [5.41, 5.74) is 3.55. The Kier molecular flexibility index (Phi) is 3.64. The second-order valence-corrected chi connectivity index (χ2v) is 5.67. The Bertz CT molecular complexity index is 717. The highest BCUT2D eigenvalue weighted by Crippen LogP contribution is 2.29. The van der Waals surface area contributed by atoms with Crippen LogP contribution < -0.4 is 0 Å². The minimum atomic E-state index is 0.0952. The van der Waals surface area contributed by atoms with E-state index in [1.807, 2.05) is 36.4 Å². The number of halogens is 2. The number of hydrogen-bond acceptors (Lipinski definition) is 1. The third-order valence-corrected chi connectivity index (χ3v) is 4.07. The predicted octanol–water partition coefficient (Wildman–Crippen LogP) is 5.21. The van der Waals surface area contributed by atoms with Crippen LogP contribution in [-0.4, -0.2) is 5.78 Å². The largest absolute Gasteiger partial charge is 0.289 e. The molecule has 0 saturated carbocycles. The fraction of sp³-hybridized carbons (Fsp3) is 0.118. The fourth-order valence-corrected chi connectivity index (χ4v) is 2.92. The van der Waals surface area contributed by atoms with Crippen LogP contribution in [0.15, 0.2) is 48.0 Å². The van der Waals surface area contributed by atoms with Crippen molar-refractivity contribution in [2.24, 2.45) is 0 Å². The Balaban J connectivity index is 2.00. The summed E-state index contributed by atoms with van der Waals surface area (Å²) < 4.78 is 0. The quantitative estimate of drug-likeness (QED) is 0.661. The molecular formula is C17H12Cl2O. The van der Waals surface area contributed by atoms with E-state index in [-0.39, 0.29) is 5.78 Å². The van der Waals surface area contributed by atoms with Crippen molar-refractivity contribution in [3.05, 3.63) is 74.8 Å². The fourth-order valence-electron chi connectivity index (χ4n) is 2.46. The van der Waals surface area contributed by atoms with Crippen molar-refractivity contribution in [3.63, 3.8) is 0 Å². The number of ketones is 1. The highest BCUT2D eigenvalue weighted by Gasteiger charge is 2.21. The molecule has 0 radical (unpaired) electrons. The molecule has 0 amide bonds. The molecule has 1 aliphatic carbocycles. The van der Waals surface area contributed by atoms with Gasteiger partial charge in [-0.2, -0.15) is 0 Å². The van der Waals surface area contributed by atoms with Gasteiger partial charge in [-0.05, 0) is 42.2 Å². The molecule has 100 valence electrons. The van der Waals surface area contributed by atoms with E-state index in [4.69, 9.17) is 23.2 Å². The lowest BCUT2D eigenvalue weighted by Crippen LogP contribution is -2.13. The van der Waals surface area contributed by atoms with Crippen LogP contribution in [0.1, 0.15) is 27.9 Å². The van der Waals surface area contributed by atoms with Crippen molar-refractivity contribution in [1.29, 1.82) is 0 Å². The lowest BCUT2D eigenvalue weighted by molar-refractivity contribution is 0.102. The van der Waals surface area contributed by atoms with Crippen molar-refractivity contribution in [1.82, 2.24) is 0 Å². The van der Waals surface area contributed by atoms with Gasteiger partial charge in [-0.25, -0.2) is 0 Å². The summed E-state index contributed by atoms with van der Waals surface area (Å²) in [5.74, 6) is 0.0952. The molecule has 1 nitrogen and oxygen atoms in total. The van der Waals surface area contributed by atoms with Gasteiger partial charge in [0.15, 0.2) is 5.78 Å². The molecule has 1 aliphatic rings. The monoisotopic (exact) mass is 302 g/mol. The third-order valence-electron chi connectivity index (χ3n) is 3.51. The zero-order valence-electron chi connectivity index (χ0n) is 10.7. The van der Waals surface area contributed by atoms with E-state index in [2.05, 4.69) is 0 Å². The Morgan fingerprint density at radius 3 is 2.60 bits per heavy atom. The molecule has 0 bridgehead atoms. The Hall–Kier alpha value is -1.57. The number of carbonyl (C=O) groups excluding carboxylic acids is 1. The zero-order chi connectivity index (χ0) is 14.1. The van der Waals surface area contributed by atoms with Crippen LogP contribution in [0.2, 0.25) is 10.0 Å². The summed E-state index contributed by atoms with van der Waals surface area (Å²) >= 11 is 12.0. The summed E-state index contributed by atoms with van der Waals surface area (Å²) in [6.07, 6.45) is 3.50. The topological polar surface area (TPSA) is 17.1 Å². The number of rotatable bonds is 1. The average molecular weight is 303 g/mol. The summed E-state index contributed by atoms with van der Waals surface area (Å²) in [6, 6.07) is 13.1. The summed E-state index contributed by atoms with van der Waals surface area (Å²) in [7, 11) is 0. The predicted molar refractivity (Wildman–Crippen MR) is 83.5 cm³/mol. The molecule has 0 spiro atoms. The molecule has 0 unspecified atom stereocenters. The minimum Gasteiger partial charge on any atom is -0.289 e. The molecule has 3 heteroatoms. The molecular weight excluding hydrogens is 291 g/mol. The molecule has 2 aromatic carbocycles. The number of fused-ring (bicyclic) bond motifs is 1. The van der Waals surface area contributed by atoms with Gasteiger partial charge in [0.05, 0.1) is 0 Å². The van der Waals surface area contributed by atoms with Crippen LogP contribution in [0.25, 0.3) is 6.08 Å². The maximum Gasteiger partial charge on any atom is 0.189 e. The molecule has 3 rings (SSSR count). The van der Waals surface area contributed by atoms with Crippen LogP contribution >= 0.6 is 23.2 Å². The lowest BCUT2D eigenvalue weighted by atomic mass is 9.86. The molecule has 0 N–H and O–H groups in total. The molecule has 2 aromatic rings. The van der Waals surface area contributed by atoms with E-state index in [9.17, 15) is 4.79 Å². The third kappa shape index (κ3) is 2.52. The second-order valence-electron chi connectivity index (χ2n) is 4.82. The molecule has 0 aromatic heterocycles. The van der Waals surface area contributed by atoms with Gasteiger partial charge in [-0.1, -0.05) is 53.5 Å². The lowest BCUT2D eigenvalue weighted by Gasteiger charge is -2.17. The van der Waals surface area contributed by atoms with Crippen molar-refractivity contribution >= 4 is 35.1 Å². The van der Waals surface area contributed by atoms with Gasteiger partial charge in [0.2, 0.25) is 0 Å². The first-order valence-corrected chi connectivity index (χ1v) is 7.19. The SMILES string of the molecule is O=C1/C(=C\c2ccc(Cl)cc2Cl)CCc2ccccc21. The van der Waals surface area contributed by atoms with Crippen LogP contribution in [0, 0.1) is 0 Å². The van der Waals surface area contributed by atoms with E-state index in [1.165, 1.54) is 0 Å². The first-order valence-electron chi connectivity index (χ1n) is 6.43. The van der Waals surface area contributed by atoms with Crippen molar-refractivity contribution < 1.29 is 4.79 Å². The van der Waals surface area contributed by atoms with Crippen molar-refractivity contribution in [3.8, 4) is 0 Å². The van der Waals surface area contributed by atoms with E-state index >= 15 is 0 Å². The normalized spacial score (nSPS) is 16.3. The van der Waals surface area contributed by atoms with Gasteiger partial charge in [-0.3, -0.25) is 4.79 Å². The molecule has 20 heavy (non-hydrogen) atoms. The smallest absolute Gasteiger partial charge is 0.189 e. The number of Topliss-reactive ketones (excluding diaryl/α,β-unsaturated/α-hetero) is 1. The molecule has 0 aliphatic heterocycles.